The highest BCUT2D eigenvalue weighted by molar-refractivity contribution is 8.16. The Bertz CT molecular complexity index is 477. The molecule has 2 nitrogen and oxygen atoms in total. The van der Waals surface area contributed by atoms with Gasteiger partial charge in [0.2, 0.25) is 0 Å². The average Bonchev–Trinajstić information content (AvgIpc) is 2.61. The second-order valence-corrected chi connectivity index (χ2v) is 4.87. The highest BCUT2D eigenvalue weighted by Gasteiger charge is 2.24. The molecule has 0 fully saturated rings. The number of aliphatic imine (C=N–C) groups is 1. The van der Waals surface area contributed by atoms with Gasteiger partial charge in [0, 0.05) is 5.70 Å². The van der Waals surface area contributed by atoms with Crippen molar-refractivity contribution in [3.05, 3.63) is 46.5 Å². The molecule has 0 atom stereocenters. The van der Waals surface area contributed by atoms with E-state index >= 15 is 0 Å². The van der Waals surface area contributed by atoms with Crippen molar-refractivity contribution in [2.24, 2.45) is 4.99 Å². The number of thioether (sulfide) groups is 1. The minimum atomic E-state index is 0.819. The topological polar surface area (TPSA) is 15.6 Å². The molecule has 0 N–H and O–H groups in total. The summed E-state index contributed by atoms with van der Waals surface area (Å²) in [6.07, 6.45) is 1.08. The van der Waals surface area contributed by atoms with Gasteiger partial charge >= 0.3 is 0 Å². The van der Waals surface area contributed by atoms with Gasteiger partial charge in [0.1, 0.15) is 0 Å². The molecular weight excluding hydrogens is 216 g/mol. The van der Waals surface area contributed by atoms with Gasteiger partial charge in [0.15, 0.2) is 5.17 Å². The van der Waals surface area contributed by atoms with Gasteiger partial charge in [0.05, 0.1) is 13.1 Å². The molecule has 2 aliphatic heterocycles. The van der Waals surface area contributed by atoms with Gasteiger partial charge in [-0.2, -0.15) is 0 Å². The van der Waals surface area contributed by atoms with Gasteiger partial charge in [-0.15, -0.1) is 0 Å². The molecule has 0 unspecified atom stereocenters. The minimum absolute atomic E-state index is 0.819. The minimum Gasteiger partial charge on any atom is -0.320 e. The predicted octanol–water partition coefficient (Wildman–Crippen LogP) is 3.36. The Balaban J connectivity index is 1.99. The molecule has 3 heteroatoms. The van der Waals surface area contributed by atoms with Crippen molar-refractivity contribution in [2.45, 2.75) is 26.4 Å². The number of hydrogen-bond acceptors (Lipinski definition) is 3. The quantitative estimate of drug-likeness (QED) is 0.735. The van der Waals surface area contributed by atoms with Crippen molar-refractivity contribution in [1.82, 2.24) is 4.90 Å². The third kappa shape index (κ3) is 1.55. The molecule has 0 bridgehead atoms. The van der Waals surface area contributed by atoms with Crippen LogP contribution in [-0.2, 0) is 13.1 Å². The second kappa shape index (κ2) is 3.98. The van der Waals surface area contributed by atoms with Crippen molar-refractivity contribution in [1.29, 1.82) is 0 Å². The molecule has 3 rings (SSSR count). The van der Waals surface area contributed by atoms with E-state index in [-0.39, 0.29) is 0 Å². The zero-order valence-corrected chi connectivity index (χ0v) is 10.1. The fourth-order valence-corrected chi connectivity index (χ4v) is 3.11. The smallest absolute Gasteiger partial charge is 0.168 e. The highest BCUT2D eigenvalue weighted by Crippen LogP contribution is 2.32. The summed E-state index contributed by atoms with van der Waals surface area (Å²) >= 11 is 1.76. The van der Waals surface area contributed by atoms with Crippen LogP contribution in [-0.4, -0.2) is 10.1 Å². The molecule has 2 heterocycles. The molecule has 0 radical (unpaired) electrons. The van der Waals surface area contributed by atoms with Crippen molar-refractivity contribution >= 4 is 16.9 Å². The molecule has 16 heavy (non-hydrogen) atoms. The third-order valence-corrected chi connectivity index (χ3v) is 4.02. The number of rotatable bonds is 1. The van der Waals surface area contributed by atoms with E-state index in [4.69, 9.17) is 0 Å². The summed E-state index contributed by atoms with van der Waals surface area (Å²) in [5, 5.41) is 3.39. The van der Waals surface area contributed by atoms with E-state index < -0.39 is 0 Å². The van der Waals surface area contributed by atoms with Gasteiger partial charge in [-0.25, -0.2) is 0 Å². The van der Waals surface area contributed by atoms with Gasteiger partial charge < -0.3 is 4.90 Å². The van der Waals surface area contributed by atoms with E-state index in [0.29, 0.717) is 0 Å². The van der Waals surface area contributed by atoms with Crippen molar-refractivity contribution in [3.8, 4) is 0 Å². The van der Waals surface area contributed by atoms with Crippen molar-refractivity contribution in [2.75, 3.05) is 0 Å². The average molecular weight is 230 g/mol. The summed E-state index contributed by atoms with van der Waals surface area (Å²) < 4.78 is 0. The number of fused-ring (bicyclic) bond motifs is 2. The first-order valence-corrected chi connectivity index (χ1v) is 6.51. The molecular formula is C13H14N2S. The Morgan fingerprint density at radius 1 is 1.31 bits per heavy atom. The first-order valence-electron chi connectivity index (χ1n) is 5.63. The maximum Gasteiger partial charge on any atom is 0.168 e. The Morgan fingerprint density at radius 2 is 2.12 bits per heavy atom. The Hall–Kier alpha value is -1.22. The summed E-state index contributed by atoms with van der Waals surface area (Å²) in [6, 6.07) is 8.60. The van der Waals surface area contributed by atoms with E-state index in [1.165, 1.54) is 16.8 Å². The number of benzene rings is 1. The lowest BCUT2D eigenvalue weighted by Crippen LogP contribution is -2.22. The maximum absolute atomic E-state index is 4.68. The summed E-state index contributed by atoms with van der Waals surface area (Å²) in [5.74, 6) is 0. The lowest BCUT2D eigenvalue weighted by atomic mass is 10.1. The molecule has 82 valence electrons. The lowest BCUT2D eigenvalue weighted by molar-refractivity contribution is 0.508. The van der Waals surface area contributed by atoms with Crippen LogP contribution in [0.2, 0.25) is 0 Å². The fourth-order valence-electron chi connectivity index (χ4n) is 2.13. The number of nitrogens with zero attached hydrogens (tertiary/aromatic N) is 2. The first kappa shape index (κ1) is 9.97. The van der Waals surface area contributed by atoms with Crippen LogP contribution in [0.4, 0.5) is 0 Å². The van der Waals surface area contributed by atoms with E-state index in [2.05, 4.69) is 46.5 Å². The van der Waals surface area contributed by atoms with Crippen LogP contribution in [0.15, 0.2) is 40.4 Å². The molecule has 0 aliphatic carbocycles. The van der Waals surface area contributed by atoms with E-state index in [0.717, 1.165) is 24.7 Å². The Morgan fingerprint density at radius 3 is 2.94 bits per heavy atom. The van der Waals surface area contributed by atoms with Gasteiger partial charge in [-0.3, -0.25) is 4.99 Å². The lowest BCUT2D eigenvalue weighted by Gasteiger charge is -2.20. The second-order valence-electron chi connectivity index (χ2n) is 4.03. The van der Waals surface area contributed by atoms with E-state index in [9.17, 15) is 0 Å². The van der Waals surface area contributed by atoms with E-state index in [1.54, 1.807) is 11.8 Å². The number of hydrogen-bond donors (Lipinski definition) is 0. The number of allylic oxidation sites excluding steroid dienone is 1. The fraction of sp³-hybridized carbons (Fsp3) is 0.308. The molecule has 0 aromatic heterocycles. The Kier molecular flexibility index (Phi) is 2.48. The van der Waals surface area contributed by atoms with E-state index in [1.807, 2.05) is 0 Å². The molecule has 2 aliphatic rings. The summed E-state index contributed by atoms with van der Waals surface area (Å²) in [4.78, 5) is 7.02. The van der Waals surface area contributed by atoms with Crippen LogP contribution >= 0.6 is 11.8 Å². The summed E-state index contributed by atoms with van der Waals surface area (Å²) in [6.45, 7) is 3.99. The van der Waals surface area contributed by atoms with Crippen LogP contribution in [0.25, 0.3) is 0 Å². The predicted molar refractivity (Wildman–Crippen MR) is 69.1 cm³/mol. The Labute approximate surface area is 100 Å². The van der Waals surface area contributed by atoms with Gasteiger partial charge in [-0.05, 0) is 23.0 Å². The van der Waals surface area contributed by atoms with Crippen molar-refractivity contribution in [3.63, 3.8) is 0 Å². The normalized spacial score (nSPS) is 18.4. The summed E-state index contributed by atoms with van der Waals surface area (Å²) in [7, 11) is 0. The first-order chi connectivity index (χ1) is 7.88. The standard InChI is InChI=1S/C13H14N2S/c1-2-12-9-16-13-14-7-10-5-3-4-6-11(10)8-15(12)13/h3-6,9H,2,7-8H2,1H3. The number of amidine groups is 1. The monoisotopic (exact) mass is 230 g/mol. The molecule has 0 amide bonds. The SMILES string of the molecule is CCC1=CSC2=NCc3ccccc3CN12. The van der Waals surface area contributed by atoms with Crippen LogP contribution in [0.3, 0.4) is 0 Å². The maximum atomic E-state index is 4.68. The van der Waals surface area contributed by atoms with Gasteiger partial charge in [-0.1, -0.05) is 43.0 Å². The van der Waals surface area contributed by atoms with Crippen LogP contribution in [0.5, 0.6) is 0 Å². The molecule has 0 saturated carbocycles. The van der Waals surface area contributed by atoms with Crippen molar-refractivity contribution < 1.29 is 0 Å². The van der Waals surface area contributed by atoms with Crippen LogP contribution in [0, 0.1) is 0 Å². The highest BCUT2D eigenvalue weighted by atomic mass is 32.2. The van der Waals surface area contributed by atoms with Gasteiger partial charge in [0.25, 0.3) is 0 Å². The van der Waals surface area contributed by atoms with Crippen LogP contribution in [0.1, 0.15) is 24.5 Å². The molecule has 0 spiro atoms. The summed E-state index contributed by atoms with van der Waals surface area (Å²) in [5.41, 5.74) is 4.16. The third-order valence-electron chi connectivity index (χ3n) is 3.07. The zero-order valence-electron chi connectivity index (χ0n) is 9.31. The molecule has 1 aromatic rings. The molecule has 0 saturated heterocycles. The molecule has 1 aromatic carbocycles. The van der Waals surface area contributed by atoms with Crippen LogP contribution < -0.4 is 0 Å². The zero-order chi connectivity index (χ0) is 11.0. The largest absolute Gasteiger partial charge is 0.320 e.